The summed E-state index contributed by atoms with van der Waals surface area (Å²) in [6, 6.07) is 4.94. The van der Waals surface area contributed by atoms with E-state index in [4.69, 9.17) is 9.47 Å². The molecule has 1 aliphatic rings. The first-order valence-corrected chi connectivity index (χ1v) is 8.44. The number of nitrogens with zero attached hydrogens (tertiary/aromatic N) is 2. The largest absolute Gasteiger partial charge is 0.497 e. The summed E-state index contributed by atoms with van der Waals surface area (Å²) in [5.41, 5.74) is 0.668. The molecule has 1 heterocycles. The fourth-order valence-electron chi connectivity index (χ4n) is 3.41. The molecule has 0 amide bonds. The summed E-state index contributed by atoms with van der Waals surface area (Å²) in [4.78, 5) is 16.4. The molecular weight excluding hydrogens is 308 g/mol. The van der Waals surface area contributed by atoms with Gasteiger partial charge in [-0.25, -0.2) is 0 Å². The predicted octanol–water partition coefficient (Wildman–Crippen LogP) is 2.25. The van der Waals surface area contributed by atoms with Gasteiger partial charge < -0.3 is 14.6 Å². The van der Waals surface area contributed by atoms with Gasteiger partial charge >= 0.3 is 5.97 Å². The molecule has 0 saturated carbocycles. The van der Waals surface area contributed by atoms with Gasteiger partial charge in [-0.05, 0) is 32.0 Å². The number of carboxylic acids is 1. The molecule has 2 atom stereocenters. The standard InChI is InChI=1S/C18H28N2O4/c1-5-8-19-9-10-20(12-13(19)2)17(18(21)22)15-7-6-14(23-3)11-16(15)24-4/h6-7,11,13,17H,5,8-10,12H2,1-4H3,(H,21,22). The molecule has 0 bridgehead atoms. The molecule has 134 valence electrons. The summed E-state index contributed by atoms with van der Waals surface area (Å²) in [6.45, 7) is 7.73. The Morgan fingerprint density at radius 2 is 2.08 bits per heavy atom. The summed E-state index contributed by atoms with van der Waals surface area (Å²) < 4.78 is 10.6. The Balaban J connectivity index is 2.26. The number of methoxy groups -OCH3 is 2. The lowest BCUT2D eigenvalue weighted by atomic mass is 10.0. The third kappa shape index (κ3) is 3.99. The van der Waals surface area contributed by atoms with Gasteiger partial charge in [-0.3, -0.25) is 14.6 Å². The molecule has 2 unspecified atom stereocenters. The van der Waals surface area contributed by atoms with Crippen molar-refractivity contribution in [3.8, 4) is 11.5 Å². The van der Waals surface area contributed by atoms with Gasteiger partial charge in [0.25, 0.3) is 0 Å². The normalized spacial score (nSPS) is 20.6. The maximum atomic E-state index is 12.0. The van der Waals surface area contributed by atoms with Crippen molar-refractivity contribution in [1.82, 2.24) is 9.80 Å². The van der Waals surface area contributed by atoms with E-state index in [1.54, 1.807) is 32.4 Å². The van der Waals surface area contributed by atoms with Crippen molar-refractivity contribution in [3.05, 3.63) is 23.8 Å². The molecule has 2 rings (SSSR count). The van der Waals surface area contributed by atoms with Crippen LogP contribution in [0.25, 0.3) is 0 Å². The summed E-state index contributed by atoms with van der Waals surface area (Å²) in [5.74, 6) is 0.348. The molecular formula is C18H28N2O4. The van der Waals surface area contributed by atoms with Gasteiger partial charge in [0.15, 0.2) is 0 Å². The van der Waals surface area contributed by atoms with Crippen molar-refractivity contribution >= 4 is 5.97 Å². The molecule has 24 heavy (non-hydrogen) atoms. The topological polar surface area (TPSA) is 62.2 Å². The Hall–Kier alpha value is -1.79. The van der Waals surface area contributed by atoms with E-state index in [1.807, 2.05) is 4.90 Å². The van der Waals surface area contributed by atoms with Crippen molar-refractivity contribution in [2.24, 2.45) is 0 Å². The van der Waals surface area contributed by atoms with Crippen molar-refractivity contribution in [3.63, 3.8) is 0 Å². The van der Waals surface area contributed by atoms with Gasteiger partial charge in [0.05, 0.1) is 14.2 Å². The van der Waals surface area contributed by atoms with Crippen LogP contribution in [0, 0.1) is 0 Å². The van der Waals surface area contributed by atoms with E-state index in [1.165, 1.54) is 0 Å². The number of carbonyl (C=O) groups is 1. The first kappa shape index (κ1) is 18.5. The number of aliphatic carboxylic acids is 1. The highest BCUT2D eigenvalue weighted by molar-refractivity contribution is 5.77. The Bertz CT molecular complexity index is 564. The van der Waals surface area contributed by atoms with Crippen molar-refractivity contribution in [2.45, 2.75) is 32.4 Å². The minimum atomic E-state index is -0.852. The first-order valence-electron chi connectivity index (χ1n) is 8.44. The number of rotatable bonds is 7. The molecule has 1 fully saturated rings. The van der Waals surface area contributed by atoms with Crippen molar-refractivity contribution in [1.29, 1.82) is 0 Å². The van der Waals surface area contributed by atoms with Crippen LogP contribution in [0.4, 0.5) is 0 Å². The highest BCUT2D eigenvalue weighted by Crippen LogP contribution is 2.34. The van der Waals surface area contributed by atoms with E-state index in [2.05, 4.69) is 18.7 Å². The number of hydrogen-bond acceptors (Lipinski definition) is 5. The lowest BCUT2D eigenvalue weighted by Crippen LogP contribution is -2.53. The SMILES string of the molecule is CCCN1CCN(C(C(=O)O)c2ccc(OC)cc2OC)CC1C. The average Bonchev–Trinajstić information content (AvgIpc) is 2.57. The van der Waals surface area contributed by atoms with Crippen LogP contribution in [-0.4, -0.2) is 67.3 Å². The Labute approximate surface area is 144 Å². The molecule has 1 saturated heterocycles. The minimum Gasteiger partial charge on any atom is -0.497 e. The third-order valence-corrected chi connectivity index (χ3v) is 4.64. The maximum absolute atomic E-state index is 12.0. The van der Waals surface area contributed by atoms with Crippen molar-refractivity contribution < 1.29 is 19.4 Å². The van der Waals surface area contributed by atoms with Crippen LogP contribution in [0.15, 0.2) is 18.2 Å². The lowest BCUT2D eigenvalue weighted by molar-refractivity contribution is -0.145. The van der Waals surface area contributed by atoms with Gasteiger partial charge in [-0.1, -0.05) is 6.92 Å². The van der Waals surface area contributed by atoms with E-state index >= 15 is 0 Å². The van der Waals surface area contributed by atoms with Gasteiger partial charge in [0.1, 0.15) is 17.5 Å². The quantitative estimate of drug-likeness (QED) is 0.824. The van der Waals surface area contributed by atoms with Crippen LogP contribution in [0.1, 0.15) is 31.9 Å². The van der Waals surface area contributed by atoms with Gasteiger partial charge in [0, 0.05) is 37.3 Å². The summed E-state index contributed by atoms with van der Waals surface area (Å²) in [7, 11) is 3.14. The second-order valence-corrected chi connectivity index (χ2v) is 6.23. The van der Waals surface area contributed by atoms with E-state index in [0.29, 0.717) is 23.1 Å². The molecule has 1 N–H and O–H groups in total. The molecule has 1 aromatic carbocycles. The maximum Gasteiger partial charge on any atom is 0.325 e. The minimum absolute atomic E-state index is 0.338. The fourth-order valence-corrected chi connectivity index (χ4v) is 3.41. The van der Waals surface area contributed by atoms with Crippen molar-refractivity contribution in [2.75, 3.05) is 40.4 Å². The number of hydrogen-bond donors (Lipinski definition) is 1. The number of ether oxygens (including phenoxy) is 2. The highest BCUT2D eigenvalue weighted by atomic mass is 16.5. The zero-order chi connectivity index (χ0) is 17.7. The van der Waals surface area contributed by atoms with E-state index < -0.39 is 12.0 Å². The molecule has 0 radical (unpaired) electrons. The van der Waals surface area contributed by atoms with Crippen LogP contribution in [0.2, 0.25) is 0 Å². The van der Waals surface area contributed by atoms with Crippen LogP contribution in [0.5, 0.6) is 11.5 Å². The first-order chi connectivity index (χ1) is 11.5. The van der Waals surface area contributed by atoms with Gasteiger partial charge in [-0.15, -0.1) is 0 Å². The summed E-state index contributed by atoms with van der Waals surface area (Å²) in [6.07, 6.45) is 1.11. The Morgan fingerprint density at radius 1 is 1.33 bits per heavy atom. The van der Waals surface area contributed by atoms with Gasteiger partial charge in [-0.2, -0.15) is 0 Å². The molecule has 1 aromatic rings. The van der Waals surface area contributed by atoms with E-state index in [-0.39, 0.29) is 0 Å². The van der Waals surface area contributed by atoms with E-state index in [9.17, 15) is 9.90 Å². The molecule has 0 aromatic heterocycles. The van der Waals surface area contributed by atoms with Crippen LogP contribution in [0.3, 0.4) is 0 Å². The molecule has 6 nitrogen and oxygen atoms in total. The van der Waals surface area contributed by atoms with Crippen LogP contribution < -0.4 is 9.47 Å². The zero-order valence-corrected chi connectivity index (χ0v) is 15.0. The highest BCUT2D eigenvalue weighted by Gasteiger charge is 2.34. The number of benzene rings is 1. The van der Waals surface area contributed by atoms with Crippen LogP contribution >= 0.6 is 0 Å². The molecule has 6 heteroatoms. The number of carboxylic acid groups (broad SMARTS) is 1. The summed E-state index contributed by atoms with van der Waals surface area (Å²) in [5, 5.41) is 9.84. The second kappa shape index (κ2) is 8.35. The molecule has 1 aliphatic heterocycles. The fraction of sp³-hybridized carbons (Fsp3) is 0.611. The molecule has 0 spiro atoms. The number of piperazine rings is 1. The zero-order valence-electron chi connectivity index (χ0n) is 15.0. The second-order valence-electron chi connectivity index (χ2n) is 6.23. The predicted molar refractivity (Wildman–Crippen MR) is 92.8 cm³/mol. The average molecular weight is 336 g/mol. The Kier molecular flexibility index (Phi) is 6.45. The summed E-state index contributed by atoms with van der Waals surface area (Å²) >= 11 is 0. The lowest BCUT2D eigenvalue weighted by Gasteiger charge is -2.42. The molecule has 0 aliphatic carbocycles. The smallest absolute Gasteiger partial charge is 0.325 e. The third-order valence-electron chi connectivity index (χ3n) is 4.64. The van der Waals surface area contributed by atoms with Gasteiger partial charge in [0.2, 0.25) is 0 Å². The van der Waals surface area contributed by atoms with E-state index in [0.717, 1.165) is 32.6 Å². The van der Waals surface area contributed by atoms with Crippen LogP contribution in [-0.2, 0) is 4.79 Å². The monoisotopic (exact) mass is 336 g/mol. The Morgan fingerprint density at radius 3 is 2.62 bits per heavy atom.